The number of nitrogens with zero attached hydrogens (tertiary/aromatic N) is 2. The first-order valence-corrected chi connectivity index (χ1v) is 12.2. The van der Waals surface area contributed by atoms with Gasteiger partial charge in [-0.25, -0.2) is 0 Å². The zero-order chi connectivity index (χ0) is 22.9. The van der Waals surface area contributed by atoms with E-state index >= 15 is 0 Å². The van der Waals surface area contributed by atoms with Crippen LogP contribution in [0.25, 0.3) is 0 Å². The Morgan fingerprint density at radius 3 is 2.33 bits per heavy atom. The minimum atomic E-state index is 0.0383. The lowest BCUT2D eigenvalue weighted by Gasteiger charge is -2.32. The van der Waals surface area contributed by atoms with Crippen molar-refractivity contribution in [2.75, 3.05) is 32.8 Å². The zero-order valence-corrected chi connectivity index (χ0v) is 19.3. The van der Waals surface area contributed by atoms with Crippen molar-refractivity contribution in [3.63, 3.8) is 0 Å². The van der Waals surface area contributed by atoms with Crippen molar-refractivity contribution in [2.45, 2.75) is 44.7 Å². The van der Waals surface area contributed by atoms with Crippen molar-refractivity contribution >= 4 is 11.8 Å². The van der Waals surface area contributed by atoms with E-state index in [1.54, 1.807) is 0 Å². The highest BCUT2D eigenvalue weighted by Gasteiger charge is 2.26. The summed E-state index contributed by atoms with van der Waals surface area (Å²) in [5.41, 5.74) is 1.32. The summed E-state index contributed by atoms with van der Waals surface area (Å²) >= 11 is 0. The van der Waals surface area contributed by atoms with E-state index in [9.17, 15) is 9.59 Å². The first-order valence-electron chi connectivity index (χ1n) is 12.2. The van der Waals surface area contributed by atoms with Gasteiger partial charge in [0.15, 0.2) is 6.61 Å². The standard InChI is InChI=1S/C27H35N3O3/c31-26(28-24-15-16-29(20-24)19-23-7-3-1-4-8-23)12-11-22-13-17-30(18-14-22)27(32)21-33-25-9-5-2-6-10-25/h1-10,22,24H,11-21H2,(H,28,31)/t24-/m0/s1. The minimum Gasteiger partial charge on any atom is -0.484 e. The molecule has 33 heavy (non-hydrogen) atoms. The monoisotopic (exact) mass is 449 g/mol. The highest BCUT2D eigenvalue weighted by molar-refractivity contribution is 5.78. The van der Waals surface area contributed by atoms with Gasteiger partial charge in [-0.1, -0.05) is 48.5 Å². The van der Waals surface area contributed by atoms with Crippen molar-refractivity contribution in [1.82, 2.24) is 15.1 Å². The van der Waals surface area contributed by atoms with Crippen molar-refractivity contribution < 1.29 is 14.3 Å². The Kier molecular flexibility index (Phi) is 8.36. The fourth-order valence-corrected chi connectivity index (χ4v) is 4.79. The predicted octanol–water partition coefficient (Wildman–Crippen LogP) is 3.47. The van der Waals surface area contributed by atoms with E-state index in [-0.39, 0.29) is 24.5 Å². The Bertz CT molecular complexity index is 882. The fraction of sp³-hybridized carbons (Fsp3) is 0.481. The van der Waals surface area contributed by atoms with E-state index in [4.69, 9.17) is 4.74 Å². The third-order valence-electron chi connectivity index (χ3n) is 6.74. The molecule has 2 aliphatic rings. The minimum absolute atomic E-state index is 0.0383. The highest BCUT2D eigenvalue weighted by Crippen LogP contribution is 2.22. The van der Waals surface area contributed by atoms with E-state index in [2.05, 4.69) is 34.5 Å². The topological polar surface area (TPSA) is 61.9 Å². The van der Waals surface area contributed by atoms with Crippen LogP contribution >= 0.6 is 0 Å². The van der Waals surface area contributed by atoms with Gasteiger partial charge in [0.1, 0.15) is 5.75 Å². The van der Waals surface area contributed by atoms with Gasteiger partial charge in [0.25, 0.3) is 5.91 Å². The van der Waals surface area contributed by atoms with Gasteiger partial charge in [0.05, 0.1) is 0 Å². The molecule has 0 saturated carbocycles. The van der Waals surface area contributed by atoms with Gasteiger partial charge in [-0.3, -0.25) is 14.5 Å². The molecule has 2 aromatic carbocycles. The Morgan fingerprint density at radius 2 is 1.61 bits per heavy atom. The summed E-state index contributed by atoms with van der Waals surface area (Å²) in [7, 11) is 0. The van der Waals surface area contributed by atoms with Crippen molar-refractivity contribution in [3.05, 3.63) is 66.2 Å². The Morgan fingerprint density at radius 1 is 0.909 bits per heavy atom. The molecule has 0 bridgehead atoms. The summed E-state index contributed by atoms with van der Waals surface area (Å²) in [5, 5.41) is 3.23. The molecule has 4 rings (SSSR count). The lowest BCUT2D eigenvalue weighted by molar-refractivity contribution is -0.135. The number of rotatable bonds is 9. The molecule has 2 fully saturated rings. The number of nitrogens with one attached hydrogen (secondary N) is 1. The first kappa shape index (κ1) is 23.3. The summed E-state index contributed by atoms with van der Waals surface area (Å²) in [5.74, 6) is 1.43. The van der Waals surface area contributed by atoms with Crippen LogP contribution in [0.4, 0.5) is 0 Å². The second kappa shape index (κ2) is 11.8. The lowest BCUT2D eigenvalue weighted by atomic mass is 9.92. The van der Waals surface area contributed by atoms with Gasteiger partial charge in [-0.05, 0) is 49.3 Å². The van der Waals surface area contributed by atoms with E-state index < -0.39 is 0 Å². The molecule has 0 aromatic heterocycles. The summed E-state index contributed by atoms with van der Waals surface area (Å²) in [4.78, 5) is 29.2. The predicted molar refractivity (Wildman–Crippen MR) is 129 cm³/mol. The van der Waals surface area contributed by atoms with Crippen LogP contribution in [-0.2, 0) is 16.1 Å². The Labute approximate surface area is 196 Å². The number of para-hydroxylation sites is 1. The largest absolute Gasteiger partial charge is 0.484 e. The number of carbonyl (C=O) groups excluding carboxylic acids is 2. The molecule has 0 radical (unpaired) electrons. The number of amides is 2. The van der Waals surface area contributed by atoms with Gasteiger partial charge < -0.3 is 15.0 Å². The maximum atomic E-state index is 12.5. The average molecular weight is 450 g/mol. The van der Waals surface area contributed by atoms with Crippen LogP contribution in [0.5, 0.6) is 5.75 Å². The summed E-state index contributed by atoms with van der Waals surface area (Å²) in [6, 6.07) is 20.2. The van der Waals surface area contributed by atoms with Crippen molar-refractivity contribution in [3.8, 4) is 5.75 Å². The number of carbonyl (C=O) groups is 2. The van der Waals surface area contributed by atoms with Gasteiger partial charge >= 0.3 is 0 Å². The second-order valence-corrected chi connectivity index (χ2v) is 9.24. The molecule has 2 aliphatic heterocycles. The van der Waals surface area contributed by atoms with E-state index in [0.717, 1.165) is 64.2 Å². The highest BCUT2D eigenvalue weighted by atomic mass is 16.5. The second-order valence-electron chi connectivity index (χ2n) is 9.24. The van der Waals surface area contributed by atoms with Gasteiger partial charge in [0.2, 0.25) is 5.91 Å². The summed E-state index contributed by atoms with van der Waals surface area (Å²) in [6.45, 7) is 4.48. The molecule has 2 heterocycles. The summed E-state index contributed by atoms with van der Waals surface area (Å²) in [6.07, 6.45) is 4.40. The van der Waals surface area contributed by atoms with Crippen LogP contribution in [0.2, 0.25) is 0 Å². The van der Waals surface area contributed by atoms with Crippen LogP contribution in [-0.4, -0.2) is 60.4 Å². The zero-order valence-electron chi connectivity index (χ0n) is 19.3. The lowest BCUT2D eigenvalue weighted by Crippen LogP contribution is -2.41. The maximum Gasteiger partial charge on any atom is 0.260 e. The smallest absolute Gasteiger partial charge is 0.260 e. The van der Waals surface area contributed by atoms with Crippen LogP contribution in [0.15, 0.2) is 60.7 Å². The number of piperidine rings is 1. The van der Waals surface area contributed by atoms with E-state index in [1.165, 1.54) is 5.56 Å². The van der Waals surface area contributed by atoms with Crippen molar-refractivity contribution in [2.24, 2.45) is 5.92 Å². The third-order valence-corrected chi connectivity index (χ3v) is 6.74. The number of likely N-dealkylation sites (tertiary alicyclic amines) is 2. The van der Waals surface area contributed by atoms with Crippen LogP contribution in [0.1, 0.15) is 37.7 Å². The first-order chi connectivity index (χ1) is 16.2. The molecule has 1 atom stereocenters. The number of benzene rings is 2. The average Bonchev–Trinajstić information content (AvgIpc) is 3.29. The molecule has 2 aromatic rings. The molecule has 0 aliphatic carbocycles. The Balaban J connectivity index is 1.09. The van der Waals surface area contributed by atoms with Crippen molar-refractivity contribution in [1.29, 1.82) is 0 Å². The Hall–Kier alpha value is -2.86. The number of ether oxygens (including phenoxy) is 1. The van der Waals surface area contributed by atoms with E-state index in [0.29, 0.717) is 12.3 Å². The van der Waals surface area contributed by atoms with Gasteiger partial charge in [-0.2, -0.15) is 0 Å². The molecular weight excluding hydrogens is 414 g/mol. The molecule has 0 unspecified atom stereocenters. The SMILES string of the molecule is O=C(CCC1CCN(C(=O)COc2ccccc2)CC1)N[C@H]1CCN(Cc2ccccc2)C1. The van der Waals surface area contributed by atoms with E-state index in [1.807, 2.05) is 41.3 Å². The normalized spacial score (nSPS) is 19.4. The van der Waals surface area contributed by atoms with Gasteiger partial charge in [0, 0.05) is 45.2 Å². The quantitative estimate of drug-likeness (QED) is 0.637. The molecule has 176 valence electrons. The molecule has 2 saturated heterocycles. The molecular formula is C27H35N3O3. The summed E-state index contributed by atoms with van der Waals surface area (Å²) < 4.78 is 5.58. The molecule has 6 nitrogen and oxygen atoms in total. The van der Waals surface area contributed by atoms with Crippen LogP contribution in [0, 0.1) is 5.92 Å². The third kappa shape index (κ3) is 7.32. The van der Waals surface area contributed by atoms with Crippen LogP contribution < -0.4 is 10.1 Å². The fourth-order valence-electron chi connectivity index (χ4n) is 4.79. The number of hydrogen-bond donors (Lipinski definition) is 1. The molecule has 1 N–H and O–H groups in total. The van der Waals surface area contributed by atoms with Crippen LogP contribution in [0.3, 0.4) is 0 Å². The molecule has 0 spiro atoms. The number of hydrogen-bond acceptors (Lipinski definition) is 4. The molecule has 2 amide bonds. The van der Waals surface area contributed by atoms with Gasteiger partial charge in [-0.15, -0.1) is 0 Å². The molecule has 6 heteroatoms. The maximum absolute atomic E-state index is 12.5.